The number of nitrogens with one attached hydrogen (secondary N) is 2. The Morgan fingerprint density at radius 2 is 1.12 bits per heavy atom. The van der Waals surface area contributed by atoms with Crippen LogP contribution in [0.1, 0.15) is 79.1 Å². The maximum Gasteiger partial charge on any atom is 0.325 e. The predicted octanol–water partition coefficient (Wildman–Crippen LogP) is 2.75. The van der Waals surface area contributed by atoms with Crippen LogP contribution in [0.25, 0.3) is 0 Å². The summed E-state index contributed by atoms with van der Waals surface area (Å²) in [5.74, 6) is -1.92. The third kappa shape index (κ3) is 19.9. The summed E-state index contributed by atoms with van der Waals surface area (Å²) in [7, 11) is 1.30. The molecule has 3 N–H and O–H groups in total. The van der Waals surface area contributed by atoms with E-state index in [4.69, 9.17) is 5.11 Å². The number of amides is 2. The predicted molar refractivity (Wildman–Crippen MR) is 133 cm³/mol. The van der Waals surface area contributed by atoms with Crippen LogP contribution in [-0.2, 0) is 23.9 Å². The molecule has 2 amide bonds. The van der Waals surface area contributed by atoms with Crippen molar-refractivity contribution in [3.8, 4) is 0 Å². The van der Waals surface area contributed by atoms with E-state index >= 15 is 0 Å². The van der Waals surface area contributed by atoms with Crippen molar-refractivity contribution in [3.63, 3.8) is 0 Å². The molecule has 0 aromatic heterocycles. The van der Waals surface area contributed by atoms with Gasteiger partial charge >= 0.3 is 11.9 Å². The van der Waals surface area contributed by atoms with Gasteiger partial charge in [-0.25, -0.2) is 0 Å². The number of carboxylic acid groups (broad SMARTS) is 1. The van der Waals surface area contributed by atoms with E-state index in [0.29, 0.717) is 0 Å². The van der Waals surface area contributed by atoms with E-state index in [1.807, 2.05) is 0 Å². The van der Waals surface area contributed by atoms with Crippen molar-refractivity contribution >= 4 is 40.6 Å². The van der Waals surface area contributed by atoms with Gasteiger partial charge in [0.1, 0.15) is 13.1 Å². The second kappa shape index (κ2) is 22.7. The van der Waals surface area contributed by atoms with Gasteiger partial charge in [0.25, 0.3) is 0 Å². The molecule has 0 heterocycles. The summed E-state index contributed by atoms with van der Waals surface area (Å²) in [6, 6.07) is 0. The molecule has 33 heavy (non-hydrogen) atoms. The fourth-order valence-corrected chi connectivity index (χ4v) is 3.17. The molecule has 0 aromatic rings. The smallest absolute Gasteiger partial charge is 0.325 e. The minimum atomic E-state index is -1.01. The lowest BCUT2D eigenvalue weighted by Crippen LogP contribution is -2.29. The van der Waals surface area contributed by atoms with Crippen LogP contribution >= 0.6 is 0 Å². The normalized spacial score (nSPS) is 14.0. The number of rotatable bonds is 6. The van der Waals surface area contributed by atoms with Crippen molar-refractivity contribution in [3.05, 3.63) is 23.3 Å². The quantitative estimate of drug-likeness (QED) is 0.317. The van der Waals surface area contributed by atoms with Crippen molar-refractivity contribution in [1.82, 2.24) is 10.6 Å². The van der Waals surface area contributed by atoms with Crippen molar-refractivity contribution in [2.75, 3.05) is 20.2 Å². The van der Waals surface area contributed by atoms with Gasteiger partial charge in [0.05, 0.1) is 7.11 Å². The highest BCUT2D eigenvalue weighted by Gasteiger charge is 2.09. The molecule has 184 valence electrons. The Labute approximate surface area is 203 Å². The molecule has 0 atom stereocenters. The van der Waals surface area contributed by atoms with E-state index in [-0.39, 0.29) is 56.6 Å². The van der Waals surface area contributed by atoms with E-state index in [2.05, 4.69) is 15.4 Å². The zero-order valence-electron chi connectivity index (χ0n) is 18.3. The van der Waals surface area contributed by atoms with Crippen LogP contribution < -0.4 is 10.6 Å². The summed E-state index contributed by atoms with van der Waals surface area (Å²) >= 11 is 0. The number of carboxylic acids is 1. The first-order chi connectivity index (χ1) is 13.9. The van der Waals surface area contributed by atoms with Crippen LogP contribution in [0.3, 0.4) is 0 Å². The van der Waals surface area contributed by atoms with Gasteiger partial charge < -0.3 is 20.5 Å². The lowest BCUT2D eigenvalue weighted by Gasteiger charge is -2.12. The number of allylic oxidation sites excluding steroid dienone is 2. The molecule has 6 radical (unpaired) electrons. The van der Waals surface area contributed by atoms with E-state index in [1.54, 1.807) is 12.2 Å². The highest BCUT2D eigenvalue weighted by Crippen LogP contribution is 2.22. The number of esters is 1. The number of ether oxygens (including phenoxy) is 1. The molecule has 0 unspecified atom stereocenters. The average molecular weight is 462 g/mol. The number of hydrogen-bond acceptors (Lipinski definition) is 5. The third-order valence-corrected chi connectivity index (χ3v) is 4.71. The lowest BCUT2D eigenvalue weighted by atomic mass is 9.95. The summed E-state index contributed by atoms with van der Waals surface area (Å²) in [6.45, 7) is -0.359. The second-order valence-electron chi connectivity index (χ2n) is 7.13. The standard InChI is InChI=1S/C11H17NO3.C10H15NO3.2CH4.2B/c1-15-11(14)8-12-10(13)7-9-5-3-2-4-6-9;12-9(11-7-10(13)14)6-8-4-2-1-3-5-8;;;;/h7H,2-6,8H2,1H3,(H,12,13);6H,1-5,7H2,(H,11,12)(H,13,14);2*1H4;;. The fourth-order valence-electron chi connectivity index (χ4n) is 3.17. The van der Waals surface area contributed by atoms with Crippen LogP contribution in [0.5, 0.6) is 0 Å². The fraction of sp³-hybridized carbons (Fsp3) is 0.652. The summed E-state index contributed by atoms with van der Waals surface area (Å²) in [6.07, 6.45) is 14.2. The largest absolute Gasteiger partial charge is 0.480 e. The van der Waals surface area contributed by atoms with E-state index in [1.165, 1.54) is 25.5 Å². The topological polar surface area (TPSA) is 122 Å². The number of methoxy groups -OCH3 is 1. The number of aliphatic carboxylic acids is 1. The molecule has 2 aliphatic rings. The molecular weight excluding hydrogens is 422 g/mol. The molecule has 0 saturated heterocycles. The van der Waals surface area contributed by atoms with Crippen LogP contribution in [-0.4, -0.2) is 65.9 Å². The summed E-state index contributed by atoms with van der Waals surface area (Å²) in [5, 5.41) is 13.1. The summed E-state index contributed by atoms with van der Waals surface area (Å²) in [4.78, 5) is 43.4. The first-order valence-electron chi connectivity index (χ1n) is 10.1. The Balaban J connectivity index is -0.000000228. The highest BCUT2D eigenvalue weighted by atomic mass is 16.5. The lowest BCUT2D eigenvalue weighted by molar-refractivity contribution is -0.140. The van der Waals surface area contributed by atoms with Gasteiger partial charge in [0, 0.05) is 29.0 Å². The Bertz CT molecular complexity index is 635. The van der Waals surface area contributed by atoms with Gasteiger partial charge in [-0.15, -0.1) is 0 Å². The summed E-state index contributed by atoms with van der Waals surface area (Å²) < 4.78 is 4.42. The molecule has 8 nitrogen and oxygen atoms in total. The monoisotopic (exact) mass is 462 g/mol. The van der Waals surface area contributed by atoms with Crippen molar-refractivity contribution in [1.29, 1.82) is 0 Å². The SMILES string of the molecule is C.C.COC(=O)CNC(=O)C=C1CCCCC1.O=C(O)CNC(=O)C=C1CCCCC1.[B].[B]. The molecule has 10 heteroatoms. The Morgan fingerprint density at radius 1 is 0.758 bits per heavy atom. The van der Waals surface area contributed by atoms with Gasteiger partial charge in [0.2, 0.25) is 11.8 Å². The van der Waals surface area contributed by atoms with Crippen LogP contribution in [0, 0.1) is 0 Å². The van der Waals surface area contributed by atoms with Gasteiger partial charge in [-0.1, -0.05) is 38.8 Å². The van der Waals surface area contributed by atoms with Gasteiger partial charge in [-0.3, -0.25) is 19.2 Å². The highest BCUT2D eigenvalue weighted by molar-refractivity contribution is 5.91. The van der Waals surface area contributed by atoms with Crippen LogP contribution in [0.15, 0.2) is 23.3 Å². The first-order valence-corrected chi connectivity index (χ1v) is 10.1. The first kappa shape index (κ1) is 37.8. The van der Waals surface area contributed by atoms with Crippen molar-refractivity contribution < 1.29 is 29.0 Å². The molecule has 0 aromatic carbocycles. The zero-order chi connectivity index (χ0) is 21.5. The molecule has 0 aliphatic heterocycles. The second-order valence-corrected chi connectivity index (χ2v) is 7.13. The number of carbonyl (C=O) groups excluding carboxylic acids is 3. The maximum atomic E-state index is 11.3. The van der Waals surface area contributed by atoms with E-state index in [9.17, 15) is 19.2 Å². The number of hydrogen-bond donors (Lipinski definition) is 3. The third-order valence-electron chi connectivity index (χ3n) is 4.71. The molecule has 2 fully saturated rings. The Kier molecular flexibility index (Phi) is 26.0. The minimum absolute atomic E-state index is 0. The van der Waals surface area contributed by atoms with Gasteiger partial charge in [0.15, 0.2) is 0 Å². The van der Waals surface area contributed by atoms with E-state index in [0.717, 1.165) is 56.9 Å². The van der Waals surface area contributed by atoms with Gasteiger partial charge in [-0.2, -0.15) is 0 Å². The minimum Gasteiger partial charge on any atom is -0.480 e. The van der Waals surface area contributed by atoms with Crippen LogP contribution in [0.2, 0.25) is 0 Å². The molecule has 2 saturated carbocycles. The Hall–Kier alpha value is -2.51. The van der Waals surface area contributed by atoms with Crippen molar-refractivity contribution in [2.45, 2.75) is 79.1 Å². The maximum absolute atomic E-state index is 11.3. The molecular formula is C23H40B2N2O6. The zero-order valence-corrected chi connectivity index (χ0v) is 18.3. The van der Waals surface area contributed by atoms with E-state index < -0.39 is 11.9 Å². The van der Waals surface area contributed by atoms with Crippen molar-refractivity contribution in [2.24, 2.45) is 0 Å². The number of carbonyl (C=O) groups is 4. The molecule has 0 bridgehead atoms. The molecule has 2 aliphatic carbocycles. The Morgan fingerprint density at radius 3 is 1.45 bits per heavy atom. The van der Waals surface area contributed by atoms with Gasteiger partial charge in [-0.05, 0) is 51.4 Å². The average Bonchev–Trinajstić information content (AvgIpc) is 2.72. The molecule has 2 rings (SSSR count). The molecule has 0 spiro atoms. The summed E-state index contributed by atoms with van der Waals surface area (Å²) in [5.41, 5.74) is 2.32. The van der Waals surface area contributed by atoms with Crippen LogP contribution in [0.4, 0.5) is 0 Å².